The van der Waals surface area contributed by atoms with Crippen molar-refractivity contribution in [2.75, 3.05) is 12.8 Å². The lowest BCUT2D eigenvalue weighted by Crippen LogP contribution is -2.36. The van der Waals surface area contributed by atoms with Crippen molar-refractivity contribution < 1.29 is 12.8 Å². The Morgan fingerprint density at radius 3 is 2.83 bits per heavy atom. The van der Waals surface area contributed by atoms with Crippen LogP contribution in [-0.4, -0.2) is 41.1 Å². The second kappa shape index (κ2) is 5.82. The van der Waals surface area contributed by atoms with Crippen molar-refractivity contribution in [2.45, 2.75) is 24.7 Å². The van der Waals surface area contributed by atoms with Crippen LogP contribution in [0.15, 0.2) is 28.3 Å². The minimum Gasteiger partial charge on any atom is -0.297 e. The quantitative estimate of drug-likeness (QED) is 0.637. The Bertz CT molecular complexity index is 893. The van der Waals surface area contributed by atoms with Crippen LogP contribution in [-0.2, 0) is 29.3 Å². The molecule has 1 aliphatic heterocycles. The van der Waals surface area contributed by atoms with Gasteiger partial charge in [0.25, 0.3) is 5.56 Å². The number of halogens is 1. The van der Waals surface area contributed by atoms with E-state index in [1.165, 1.54) is 12.3 Å². The second-order valence-electron chi connectivity index (χ2n) is 5.52. The molecule has 0 saturated carbocycles. The number of sulfone groups is 1. The molecular formula is C14H15FN4O3S. The first kappa shape index (κ1) is 15.8. The van der Waals surface area contributed by atoms with Crippen LogP contribution in [0.3, 0.4) is 0 Å². The van der Waals surface area contributed by atoms with E-state index in [2.05, 4.69) is 15.0 Å². The molecule has 0 aromatic carbocycles. The van der Waals surface area contributed by atoms with Gasteiger partial charge in [-0.1, -0.05) is 6.07 Å². The molecule has 2 aromatic rings. The zero-order chi connectivity index (χ0) is 16.6. The molecule has 122 valence electrons. The number of nitrogens with zero attached hydrogens (tertiary/aromatic N) is 3. The summed E-state index contributed by atoms with van der Waals surface area (Å²) in [5.74, 6) is -0.535. The van der Waals surface area contributed by atoms with Crippen LogP contribution in [0.4, 0.5) is 4.39 Å². The third-order valence-electron chi connectivity index (χ3n) is 3.67. The molecule has 0 atom stereocenters. The molecule has 9 heteroatoms. The standard InChI is InChI=1S/C14H15FN4O3S/c1-23(21,22)14-17-11-4-5-19(8-10(11)13(20)18-14)7-9-2-3-12(15)16-6-9/h2-3,6H,4-5,7-8H2,1H3,(H,17,18,20). The molecule has 23 heavy (non-hydrogen) atoms. The summed E-state index contributed by atoms with van der Waals surface area (Å²) in [6, 6.07) is 2.94. The highest BCUT2D eigenvalue weighted by atomic mass is 32.2. The van der Waals surface area contributed by atoms with Gasteiger partial charge in [-0.05, 0) is 11.6 Å². The number of hydrogen-bond acceptors (Lipinski definition) is 6. The first-order valence-corrected chi connectivity index (χ1v) is 8.87. The van der Waals surface area contributed by atoms with Gasteiger partial charge in [-0.2, -0.15) is 4.39 Å². The lowest BCUT2D eigenvalue weighted by atomic mass is 10.1. The number of H-pyrrole nitrogens is 1. The molecular weight excluding hydrogens is 323 g/mol. The number of nitrogens with one attached hydrogen (secondary N) is 1. The summed E-state index contributed by atoms with van der Waals surface area (Å²) in [4.78, 5) is 24.1. The fraction of sp³-hybridized carbons (Fsp3) is 0.357. The summed E-state index contributed by atoms with van der Waals surface area (Å²) in [6.07, 6.45) is 2.95. The van der Waals surface area contributed by atoms with Gasteiger partial charge in [-0.25, -0.2) is 18.4 Å². The third kappa shape index (κ3) is 3.45. The van der Waals surface area contributed by atoms with Gasteiger partial charge in [0, 0.05) is 38.5 Å². The molecule has 0 unspecified atom stereocenters. The van der Waals surface area contributed by atoms with Gasteiger partial charge in [0.15, 0.2) is 0 Å². The average molecular weight is 338 g/mol. The minimum atomic E-state index is -3.55. The van der Waals surface area contributed by atoms with Crippen LogP contribution in [0.2, 0.25) is 0 Å². The molecule has 0 fully saturated rings. The first-order chi connectivity index (χ1) is 10.8. The number of fused-ring (bicyclic) bond motifs is 1. The van der Waals surface area contributed by atoms with E-state index < -0.39 is 21.3 Å². The molecule has 3 heterocycles. The highest BCUT2D eigenvalue weighted by Gasteiger charge is 2.23. The van der Waals surface area contributed by atoms with E-state index in [0.29, 0.717) is 37.3 Å². The van der Waals surface area contributed by atoms with Crippen LogP contribution in [0.5, 0.6) is 0 Å². The van der Waals surface area contributed by atoms with Gasteiger partial charge in [0.2, 0.25) is 20.9 Å². The highest BCUT2D eigenvalue weighted by Crippen LogP contribution is 2.17. The monoisotopic (exact) mass is 338 g/mol. The van der Waals surface area contributed by atoms with Crippen molar-refractivity contribution in [2.24, 2.45) is 0 Å². The van der Waals surface area contributed by atoms with Crippen LogP contribution in [0.25, 0.3) is 0 Å². The predicted molar refractivity (Wildman–Crippen MR) is 80.0 cm³/mol. The molecule has 0 amide bonds. The molecule has 0 aliphatic carbocycles. The normalized spacial score (nSPS) is 15.4. The number of aromatic amines is 1. The van der Waals surface area contributed by atoms with E-state index in [1.807, 2.05) is 4.90 Å². The molecule has 0 bridgehead atoms. The third-order valence-corrected chi connectivity index (χ3v) is 4.57. The van der Waals surface area contributed by atoms with Gasteiger partial charge in [-0.15, -0.1) is 0 Å². The topological polar surface area (TPSA) is 96.0 Å². The summed E-state index contributed by atoms with van der Waals surface area (Å²) in [5, 5.41) is -0.294. The Morgan fingerprint density at radius 1 is 1.39 bits per heavy atom. The van der Waals surface area contributed by atoms with E-state index >= 15 is 0 Å². The van der Waals surface area contributed by atoms with Crippen molar-refractivity contribution in [1.82, 2.24) is 19.9 Å². The molecule has 3 rings (SSSR count). The SMILES string of the molecule is CS(=O)(=O)c1nc2c(c(=O)[nH]1)CN(Cc1ccc(F)nc1)CC2. The average Bonchev–Trinajstić information content (AvgIpc) is 2.49. The van der Waals surface area contributed by atoms with E-state index in [4.69, 9.17) is 0 Å². The number of aromatic nitrogens is 3. The fourth-order valence-corrected chi connectivity index (χ4v) is 3.08. The molecule has 2 aromatic heterocycles. The Hall–Kier alpha value is -2.13. The van der Waals surface area contributed by atoms with Gasteiger partial charge >= 0.3 is 0 Å². The van der Waals surface area contributed by atoms with Crippen molar-refractivity contribution >= 4 is 9.84 Å². The Kier molecular flexibility index (Phi) is 3.99. The molecule has 1 aliphatic rings. The fourth-order valence-electron chi connectivity index (χ4n) is 2.53. The predicted octanol–water partition coefficient (Wildman–Crippen LogP) is 0.266. The Balaban J connectivity index is 1.84. The zero-order valence-corrected chi connectivity index (χ0v) is 13.2. The molecule has 0 radical (unpaired) electrons. The minimum absolute atomic E-state index is 0.294. The largest absolute Gasteiger partial charge is 0.297 e. The van der Waals surface area contributed by atoms with Crippen molar-refractivity contribution in [1.29, 1.82) is 0 Å². The summed E-state index contributed by atoms with van der Waals surface area (Å²) in [5.41, 5.74) is 1.39. The smallest absolute Gasteiger partial charge is 0.256 e. The summed E-state index contributed by atoms with van der Waals surface area (Å²) in [6.45, 7) is 1.52. The van der Waals surface area contributed by atoms with Gasteiger partial charge < -0.3 is 0 Å². The molecule has 0 saturated heterocycles. The lowest BCUT2D eigenvalue weighted by molar-refractivity contribution is 0.240. The lowest BCUT2D eigenvalue weighted by Gasteiger charge is -2.27. The number of rotatable bonds is 3. The van der Waals surface area contributed by atoms with E-state index in [0.717, 1.165) is 11.8 Å². The van der Waals surface area contributed by atoms with Gasteiger partial charge in [0.1, 0.15) is 0 Å². The van der Waals surface area contributed by atoms with Crippen molar-refractivity contribution in [3.63, 3.8) is 0 Å². The molecule has 7 nitrogen and oxygen atoms in total. The van der Waals surface area contributed by atoms with Crippen LogP contribution in [0, 0.1) is 5.95 Å². The van der Waals surface area contributed by atoms with Crippen LogP contribution >= 0.6 is 0 Å². The number of hydrogen-bond donors (Lipinski definition) is 1. The zero-order valence-electron chi connectivity index (χ0n) is 12.4. The van der Waals surface area contributed by atoms with Crippen LogP contribution in [0.1, 0.15) is 16.8 Å². The Labute approximate surface area is 132 Å². The summed E-state index contributed by atoms with van der Waals surface area (Å²) < 4.78 is 35.9. The molecule has 0 spiro atoms. The summed E-state index contributed by atoms with van der Waals surface area (Å²) in [7, 11) is -3.55. The van der Waals surface area contributed by atoms with E-state index in [9.17, 15) is 17.6 Å². The van der Waals surface area contributed by atoms with E-state index in [1.54, 1.807) is 6.07 Å². The Morgan fingerprint density at radius 2 is 2.17 bits per heavy atom. The maximum absolute atomic E-state index is 12.8. The van der Waals surface area contributed by atoms with Crippen LogP contribution < -0.4 is 5.56 Å². The van der Waals surface area contributed by atoms with E-state index in [-0.39, 0.29) is 5.16 Å². The van der Waals surface area contributed by atoms with Crippen molar-refractivity contribution in [3.8, 4) is 0 Å². The summed E-state index contributed by atoms with van der Waals surface area (Å²) >= 11 is 0. The number of pyridine rings is 1. The van der Waals surface area contributed by atoms with Crippen molar-refractivity contribution in [3.05, 3.63) is 51.5 Å². The maximum Gasteiger partial charge on any atom is 0.256 e. The second-order valence-corrected chi connectivity index (χ2v) is 7.45. The molecule has 1 N–H and O–H groups in total. The van der Waals surface area contributed by atoms with Gasteiger partial charge in [-0.3, -0.25) is 14.7 Å². The highest BCUT2D eigenvalue weighted by molar-refractivity contribution is 7.90. The maximum atomic E-state index is 12.8. The first-order valence-electron chi connectivity index (χ1n) is 6.98. The van der Waals surface area contributed by atoms with Gasteiger partial charge in [0.05, 0.1) is 11.3 Å².